The van der Waals surface area contributed by atoms with Crippen molar-refractivity contribution in [1.82, 2.24) is 14.9 Å². The number of urea groups is 1. The molecule has 0 saturated carbocycles. The SMILES string of the molecule is CC(C)c1cccc(C(C)C)c1NC(=O)NS(=O)(=O)CC1NC(C)(C)CN2CCC[C@@]12C. The number of carbonyl (C=O) groups excluding carboxylic acids is 1. The number of hydrogen-bond donors (Lipinski definition) is 3. The van der Waals surface area contributed by atoms with Crippen LogP contribution in [0.3, 0.4) is 0 Å². The summed E-state index contributed by atoms with van der Waals surface area (Å²) in [6, 6.07) is 4.97. The van der Waals surface area contributed by atoms with E-state index >= 15 is 0 Å². The molecule has 0 aromatic heterocycles. The number of nitrogens with one attached hydrogen (secondary N) is 3. The number of carbonyl (C=O) groups is 1. The van der Waals surface area contributed by atoms with Gasteiger partial charge in [-0.05, 0) is 63.1 Å². The Morgan fingerprint density at radius 3 is 2.31 bits per heavy atom. The average molecular weight is 465 g/mol. The van der Waals surface area contributed by atoms with Crippen LogP contribution < -0.4 is 15.4 Å². The monoisotopic (exact) mass is 464 g/mol. The lowest BCUT2D eigenvalue weighted by atomic mass is 9.84. The second kappa shape index (κ2) is 8.95. The third-order valence-corrected chi connectivity index (χ3v) is 8.25. The third kappa shape index (κ3) is 5.29. The van der Waals surface area contributed by atoms with Gasteiger partial charge in [0.15, 0.2) is 0 Å². The molecule has 2 amide bonds. The first-order valence-corrected chi connectivity index (χ1v) is 13.4. The molecule has 2 fully saturated rings. The van der Waals surface area contributed by atoms with Gasteiger partial charge in [0, 0.05) is 29.4 Å². The van der Waals surface area contributed by atoms with Gasteiger partial charge in [-0.15, -0.1) is 0 Å². The molecule has 0 spiro atoms. The number of anilines is 1. The molecule has 180 valence electrons. The molecule has 3 N–H and O–H groups in total. The fourth-order valence-corrected chi connectivity index (χ4v) is 6.60. The van der Waals surface area contributed by atoms with Crippen LogP contribution in [0.25, 0.3) is 0 Å². The lowest BCUT2D eigenvalue weighted by molar-refractivity contribution is 0.0281. The number of rotatable bonds is 6. The normalized spacial score (nSPS) is 25.7. The minimum Gasteiger partial charge on any atom is -0.307 e. The lowest BCUT2D eigenvalue weighted by Gasteiger charge is -2.52. The van der Waals surface area contributed by atoms with E-state index in [-0.39, 0.29) is 34.7 Å². The van der Waals surface area contributed by atoms with Crippen molar-refractivity contribution < 1.29 is 13.2 Å². The van der Waals surface area contributed by atoms with Crippen LogP contribution in [0, 0.1) is 0 Å². The van der Waals surface area contributed by atoms with E-state index in [4.69, 9.17) is 0 Å². The van der Waals surface area contributed by atoms with Crippen LogP contribution in [0.2, 0.25) is 0 Å². The number of nitrogens with zero attached hydrogens (tertiary/aromatic N) is 1. The Hall–Kier alpha value is -1.64. The summed E-state index contributed by atoms with van der Waals surface area (Å²) in [4.78, 5) is 15.2. The van der Waals surface area contributed by atoms with Gasteiger partial charge in [-0.2, -0.15) is 0 Å². The van der Waals surface area contributed by atoms with Gasteiger partial charge in [-0.25, -0.2) is 17.9 Å². The van der Waals surface area contributed by atoms with Crippen molar-refractivity contribution in [1.29, 1.82) is 0 Å². The highest BCUT2D eigenvalue weighted by molar-refractivity contribution is 7.90. The second-order valence-electron chi connectivity index (χ2n) is 10.9. The summed E-state index contributed by atoms with van der Waals surface area (Å²) >= 11 is 0. The maximum absolute atomic E-state index is 13.0. The van der Waals surface area contributed by atoms with Crippen LogP contribution in [0.5, 0.6) is 0 Å². The molecule has 8 heteroatoms. The summed E-state index contributed by atoms with van der Waals surface area (Å²) in [5.74, 6) is 0.254. The highest BCUT2D eigenvalue weighted by Gasteiger charge is 2.51. The molecule has 0 aliphatic carbocycles. The largest absolute Gasteiger partial charge is 0.332 e. The Morgan fingerprint density at radius 1 is 1.16 bits per heavy atom. The molecule has 7 nitrogen and oxygen atoms in total. The first-order chi connectivity index (χ1) is 14.7. The predicted octanol–water partition coefficient (Wildman–Crippen LogP) is 3.99. The van der Waals surface area contributed by atoms with E-state index < -0.39 is 16.1 Å². The van der Waals surface area contributed by atoms with Crippen molar-refractivity contribution in [2.24, 2.45) is 0 Å². The Morgan fingerprint density at radius 2 is 1.75 bits per heavy atom. The smallest absolute Gasteiger partial charge is 0.307 e. The van der Waals surface area contributed by atoms with Crippen LogP contribution in [-0.2, 0) is 10.0 Å². The van der Waals surface area contributed by atoms with Crippen molar-refractivity contribution in [3.05, 3.63) is 29.3 Å². The molecule has 32 heavy (non-hydrogen) atoms. The lowest BCUT2D eigenvalue weighted by Crippen LogP contribution is -2.72. The topological polar surface area (TPSA) is 90.5 Å². The summed E-state index contributed by atoms with van der Waals surface area (Å²) in [6.45, 7) is 16.4. The van der Waals surface area contributed by atoms with Crippen molar-refractivity contribution in [2.75, 3.05) is 24.2 Å². The van der Waals surface area contributed by atoms with Crippen molar-refractivity contribution in [2.45, 2.75) is 90.3 Å². The van der Waals surface area contributed by atoms with Crippen molar-refractivity contribution in [3.8, 4) is 0 Å². The van der Waals surface area contributed by atoms with Crippen molar-refractivity contribution in [3.63, 3.8) is 0 Å². The van der Waals surface area contributed by atoms with Gasteiger partial charge in [0.2, 0.25) is 10.0 Å². The van der Waals surface area contributed by atoms with E-state index in [9.17, 15) is 13.2 Å². The number of benzene rings is 1. The van der Waals surface area contributed by atoms with Gasteiger partial charge in [0.1, 0.15) is 0 Å². The fourth-order valence-electron chi connectivity index (χ4n) is 5.30. The van der Waals surface area contributed by atoms with Gasteiger partial charge < -0.3 is 10.6 Å². The average Bonchev–Trinajstić information content (AvgIpc) is 3.01. The predicted molar refractivity (Wildman–Crippen MR) is 131 cm³/mol. The standard InChI is InChI=1S/C24H40N4O3S/c1-16(2)18-10-8-11-19(17(3)4)21(18)25-22(29)27-32(30,31)14-20-24(7)12-9-13-28(24)15-23(5,6)26-20/h8,10-11,16-17,20,26H,9,12-15H2,1-7H3,(H2,25,27,29)/t20?,24-/m0/s1. The third-order valence-electron chi connectivity index (χ3n) is 6.98. The highest BCUT2D eigenvalue weighted by atomic mass is 32.2. The zero-order valence-electron chi connectivity index (χ0n) is 20.6. The molecule has 1 aromatic carbocycles. The molecule has 0 radical (unpaired) electrons. The number of hydrogen-bond acceptors (Lipinski definition) is 5. The van der Waals surface area contributed by atoms with Gasteiger partial charge in [0.25, 0.3) is 0 Å². The highest BCUT2D eigenvalue weighted by Crippen LogP contribution is 2.38. The minimum absolute atomic E-state index is 0.139. The van der Waals surface area contributed by atoms with E-state index in [1.165, 1.54) is 0 Å². The summed E-state index contributed by atoms with van der Waals surface area (Å²) in [5.41, 5.74) is 2.28. The number of para-hydroxylation sites is 1. The molecule has 2 saturated heterocycles. The molecule has 2 atom stereocenters. The number of fused-ring (bicyclic) bond motifs is 1. The van der Waals surface area contributed by atoms with Gasteiger partial charge in [0.05, 0.1) is 5.75 Å². The van der Waals surface area contributed by atoms with Gasteiger partial charge in [-0.3, -0.25) is 4.90 Å². The zero-order valence-corrected chi connectivity index (χ0v) is 21.4. The summed E-state index contributed by atoms with van der Waals surface area (Å²) < 4.78 is 28.4. The fraction of sp³-hybridized carbons (Fsp3) is 0.708. The Labute approximate surface area is 193 Å². The Balaban J connectivity index is 1.77. The molecule has 3 rings (SSSR count). The Kier molecular flexibility index (Phi) is 6.99. The molecule has 1 unspecified atom stereocenters. The maximum atomic E-state index is 13.0. The van der Waals surface area contributed by atoms with E-state index in [0.717, 1.165) is 37.1 Å². The Bertz CT molecular complexity index is 932. The number of sulfonamides is 1. The van der Waals surface area contributed by atoms with E-state index in [2.05, 4.69) is 68.7 Å². The molecular formula is C24H40N4O3S. The first kappa shape index (κ1) is 25.0. The molecule has 2 aliphatic rings. The number of piperazine rings is 1. The van der Waals surface area contributed by atoms with E-state index in [1.807, 2.05) is 18.2 Å². The maximum Gasteiger partial charge on any atom is 0.332 e. The van der Waals surface area contributed by atoms with E-state index in [0.29, 0.717) is 5.69 Å². The molecule has 2 aliphatic heterocycles. The van der Waals surface area contributed by atoms with Crippen LogP contribution >= 0.6 is 0 Å². The molecule has 0 bridgehead atoms. The summed E-state index contributed by atoms with van der Waals surface area (Å²) in [7, 11) is -3.84. The molecule has 1 aromatic rings. The second-order valence-corrected chi connectivity index (χ2v) is 12.7. The van der Waals surface area contributed by atoms with Crippen LogP contribution in [-0.4, -0.2) is 55.3 Å². The van der Waals surface area contributed by atoms with Crippen LogP contribution in [0.15, 0.2) is 18.2 Å². The number of amides is 2. The quantitative estimate of drug-likeness (QED) is 0.592. The minimum atomic E-state index is -3.84. The van der Waals surface area contributed by atoms with Gasteiger partial charge >= 0.3 is 6.03 Å². The van der Waals surface area contributed by atoms with Crippen LogP contribution in [0.4, 0.5) is 10.5 Å². The first-order valence-electron chi connectivity index (χ1n) is 11.7. The molecular weight excluding hydrogens is 424 g/mol. The van der Waals surface area contributed by atoms with Crippen LogP contribution in [0.1, 0.15) is 84.3 Å². The van der Waals surface area contributed by atoms with Gasteiger partial charge in [-0.1, -0.05) is 45.9 Å². The zero-order chi connectivity index (χ0) is 23.9. The van der Waals surface area contributed by atoms with E-state index in [1.54, 1.807) is 0 Å². The summed E-state index contributed by atoms with van der Waals surface area (Å²) in [5, 5.41) is 6.39. The van der Waals surface area contributed by atoms with Crippen molar-refractivity contribution >= 4 is 21.7 Å². The molecule has 2 heterocycles. The summed E-state index contributed by atoms with van der Waals surface area (Å²) in [6.07, 6.45) is 2.00.